The van der Waals surface area contributed by atoms with Crippen LogP contribution in [0.1, 0.15) is 31.9 Å². The molecule has 0 amide bonds. The van der Waals surface area contributed by atoms with Gasteiger partial charge < -0.3 is 14.8 Å². The first-order valence-electron chi connectivity index (χ1n) is 7.87. The average molecular weight is 365 g/mol. The molecule has 0 aromatic heterocycles. The van der Waals surface area contributed by atoms with Gasteiger partial charge in [-0.15, -0.1) is 24.8 Å². The highest BCUT2D eigenvalue weighted by atomic mass is 35.5. The summed E-state index contributed by atoms with van der Waals surface area (Å²) in [6, 6.07) is 6.67. The number of hydrogen-bond donors (Lipinski definition) is 1. The minimum atomic E-state index is 0. The van der Waals surface area contributed by atoms with Crippen LogP contribution in [0.3, 0.4) is 0 Å². The molecule has 0 aliphatic carbocycles. The van der Waals surface area contributed by atoms with Crippen LogP contribution in [0.4, 0.5) is 0 Å². The highest BCUT2D eigenvalue weighted by molar-refractivity contribution is 5.85. The molecular weight excluding hydrogens is 335 g/mol. The minimum Gasteiger partial charge on any atom is -0.497 e. The van der Waals surface area contributed by atoms with E-state index in [0.29, 0.717) is 12.0 Å². The zero-order valence-electron chi connectivity index (χ0n) is 14.5. The van der Waals surface area contributed by atoms with Crippen molar-refractivity contribution in [1.29, 1.82) is 0 Å². The lowest BCUT2D eigenvalue weighted by atomic mass is 9.90. The molecule has 1 aliphatic rings. The Bertz CT molecular complexity index is 432. The molecule has 134 valence electrons. The molecule has 0 saturated carbocycles. The van der Waals surface area contributed by atoms with Crippen molar-refractivity contribution < 1.29 is 9.47 Å². The van der Waals surface area contributed by atoms with E-state index in [0.717, 1.165) is 44.1 Å². The molecule has 2 atom stereocenters. The number of nitrogens with one attached hydrogen (secondary N) is 1. The average Bonchev–Trinajstić information content (AvgIpc) is 2.55. The van der Waals surface area contributed by atoms with Gasteiger partial charge in [-0.2, -0.15) is 0 Å². The first kappa shape index (κ1) is 22.3. The third kappa shape index (κ3) is 5.71. The maximum Gasteiger partial charge on any atom is 0.122 e. The van der Waals surface area contributed by atoms with Gasteiger partial charge >= 0.3 is 0 Å². The first-order valence-corrected chi connectivity index (χ1v) is 7.87. The summed E-state index contributed by atoms with van der Waals surface area (Å²) >= 11 is 0. The second-order valence-corrected chi connectivity index (χ2v) is 5.76. The van der Waals surface area contributed by atoms with E-state index in [1.807, 2.05) is 6.07 Å². The number of halogens is 2. The van der Waals surface area contributed by atoms with Crippen LogP contribution in [0, 0.1) is 5.92 Å². The number of rotatable bonds is 6. The van der Waals surface area contributed by atoms with Crippen molar-refractivity contribution in [3.8, 4) is 11.5 Å². The molecule has 0 spiro atoms. The second-order valence-electron chi connectivity index (χ2n) is 5.76. The van der Waals surface area contributed by atoms with Crippen LogP contribution < -0.4 is 14.8 Å². The molecule has 1 N–H and O–H groups in total. The summed E-state index contributed by atoms with van der Waals surface area (Å²) in [5.41, 5.74) is 1.29. The molecule has 4 nitrogen and oxygen atoms in total. The topological polar surface area (TPSA) is 33.7 Å². The Balaban J connectivity index is 0.00000242. The van der Waals surface area contributed by atoms with Gasteiger partial charge in [0.05, 0.1) is 14.2 Å². The van der Waals surface area contributed by atoms with Crippen LogP contribution in [-0.4, -0.2) is 45.3 Å². The van der Waals surface area contributed by atoms with Crippen molar-refractivity contribution in [3.05, 3.63) is 23.8 Å². The lowest BCUT2D eigenvalue weighted by molar-refractivity contribution is 0.128. The van der Waals surface area contributed by atoms with E-state index >= 15 is 0 Å². The maximum atomic E-state index is 5.44. The largest absolute Gasteiger partial charge is 0.497 e. The van der Waals surface area contributed by atoms with Crippen molar-refractivity contribution in [1.82, 2.24) is 10.2 Å². The molecule has 1 fully saturated rings. The van der Waals surface area contributed by atoms with Crippen LogP contribution in [0.25, 0.3) is 0 Å². The summed E-state index contributed by atoms with van der Waals surface area (Å²) in [6.45, 7) is 8.90. The number of methoxy groups -OCH3 is 2. The van der Waals surface area contributed by atoms with Gasteiger partial charge in [-0.1, -0.05) is 20.3 Å². The number of hydrogen-bond acceptors (Lipinski definition) is 4. The molecule has 0 radical (unpaired) electrons. The molecule has 23 heavy (non-hydrogen) atoms. The Morgan fingerprint density at radius 3 is 2.00 bits per heavy atom. The Kier molecular flexibility index (Phi) is 10.7. The lowest BCUT2D eigenvalue weighted by Crippen LogP contribution is -2.46. The monoisotopic (exact) mass is 364 g/mol. The van der Waals surface area contributed by atoms with Gasteiger partial charge in [-0.05, 0) is 23.6 Å². The van der Waals surface area contributed by atoms with E-state index in [9.17, 15) is 0 Å². The fourth-order valence-corrected chi connectivity index (χ4v) is 3.08. The van der Waals surface area contributed by atoms with Crippen molar-refractivity contribution in [2.75, 3.05) is 40.4 Å². The van der Waals surface area contributed by atoms with Crippen LogP contribution in [0.15, 0.2) is 18.2 Å². The number of ether oxygens (including phenoxy) is 2. The summed E-state index contributed by atoms with van der Waals surface area (Å²) in [5.74, 6) is 2.33. The summed E-state index contributed by atoms with van der Waals surface area (Å²) < 4.78 is 10.9. The summed E-state index contributed by atoms with van der Waals surface area (Å²) in [4.78, 5) is 2.58. The number of nitrogens with zero attached hydrogens (tertiary/aromatic N) is 1. The van der Waals surface area contributed by atoms with Gasteiger partial charge in [0.1, 0.15) is 11.5 Å². The van der Waals surface area contributed by atoms with E-state index < -0.39 is 0 Å². The zero-order valence-corrected chi connectivity index (χ0v) is 16.1. The molecule has 1 aliphatic heterocycles. The summed E-state index contributed by atoms with van der Waals surface area (Å²) in [7, 11) is 3.42. The molecule has 1 saturated heterocycles. The highest BCUT2D eigenvalue weighted by Crippen LogP contribution is 2.35. The molecule has 0 bridgehead atoms. The summed E-state index contributed by atoms with van der Waals surface area (Å²) in [6.07, 6.45) is 1.16. The van der Waals surface area contributed by atoms with Gasteiger partial charge in [0.2, 0.25) is 0 Å². The second kappa shape index (κ2) is 11.0. The van der Waals surface area contributed by atoms with Gasteiger partial charge in [-0.3, -0.25) is 4.90 Å². The SMILES string of the molecule is CCC(C)[C@H](c1cc(OC)cc(OC)c1)N1CCNCC1.Cl.Cl. The van der Waals surface area contributed by atoms with Gasteiger partial charge in [0, 0.05) is 38.3 Å². The maximum absolute atomic E-state index is 5.44. The molecular formula is C17H30Cl2N2O2. The number of benzene rings is 1. The van der Waals surface area contributed by atoms with Crippen molar-refractivity contribution in [3.63, 3.8) is 0 Å². The van der Waals surface area contributed by atoms with E-state index in [2.05, 4.69) is 36.2 Å². The van der Waals surface area contributed by atoms with E-state index in [4.69, 9.17) is 9.47 Å². The van der Waals surface area contributed by atoms with E-state index in [-0.39, 0.29) is 24.8 Å². The normalized spacial score (nSPS) is 17.4. The van der Waals surface area contributed by atoms with Crippen molar-refractivity contribution in [2.45, 2.75) is 26.3 Å². The predicted molar refractivity (Wildman–Crippen MR) is 101 cm³/mol. The van der Waals surface area contributed by atoms with E-state index in [1.54, 1.807) is 14.2 Å². The van der Waals surface area contributed by atoms with Crippen LogP contribution in [0.2, 0.25) is 0 Å². The van der Waals surface area contributed by atoms with Crippen molar-refractivity contribution in [2.24, 2.45) is 5.92 Å². The molecule has 6 heteroatoms. The molecule has 1 aromatic carbocycles. The fourth-order valence-electron chi connectivity index (χ4n) is 3.08. The third-order valence-electron chi connectivity index (χ3n) is 4.44. The molecule has 1 aromatic rings. The molecule has 2 rings (SSSR count). The zero-order chi connectivity index (χ0) is 15.2. The lowest BCUT2D eigenvalue weighted by Gasteiger charge is -2.38. The smallest absolute Gasteiger partial charge is 0.122 e. The quantitative estimate of drug-likeness (QED) is 0.836. The van der Waals surface area contributed by atoms with Gasteiger partial charge in [0.25, 0.3) is 0 Å². The standard InChI is InChI=1S/C17H28N2O2.2ClH/c1-5-13(2)17(19-8-6-18-7-9-19)14-10-15(20-3)12-16(11-14)21-4;;/h10-13,17-18H,5-9H2,1-4H3;2*1H/t13?,17-;;/m1../s1. The number of piperazine rings is 1. The third-order valence-corrected chi connectivity index (χ3v) is 4.44. The Morgan fingerprint density at radius 1 is 1.04 bits per heavy atom. The van der Waals surface area contributed by atoms with Gasteiger partial charge in [0.15, 0.2) is 0 Å². The Hall–Kier alpha value is -0.680. The molecule has 1 unspecified atom stereocenters. The van der Waals surface area contributed by atoms with Crippen LogP contribution >= 0.6 is 24.8 Å². The van der Waals surface area contributed by atoms with E-state index in [1.165, 1.54) is 5.56 Å². The van der Waals surface area contributed by atoms with Crippen molar-refractivity contribution >= 4 is 24.8 Å². The fraction of sp³-hybridized carbons (Fsp3) is 0.647. The Labute approximate surface area is 152 Å². The van der Waals surface area contributed by atoms with Gasteiger partial charge in [-0.25, -0.2) is 0 Å². The highest BCUT2D eigenvalue weighted by Gasteiger charge is 2.27. The Morgan fingerprint density at radius 2 is 1.57 bits per heavy atom. The molecule has 1 heterocycles. The van der Waals surface area contributed by atoms with Crippen LogP contribution in [-0.2, 0) is 0 Å². The van der Waals surface area contributed by atoms with Crippen LogP contribution in [0.5, 0.6) is 11.5 Å². The predicted octanol–water partition coefficient (Wildman–Crippen LogP) is 3.54. The minimum absolute atomic E-state index is 0. The summed E-state index contributed by atoms with van der Waals surface area (Å²) in [5, 5.41) is 3.43. The first-order chi connectivity index (χ1) is 10.2.